The Morgan fingerprint density at radius 3 is 2.47 bits per heavy atom. The monoisotopic (exact) mass is 687 g/mol. The van der Waals surface area contributed by atoms with Crippen LogP contribution in [0.1, 0.15) is 55.2 Å². The standard InChI is InChI=1S/C35H27Cl2N3O6S/c1-4-45-34(42)30-31(21-8-6-5-7-9-21)38-35-39(32(30)22-12-10-20(11-13-22)19(2)3)33(41)29(47-35)16-23-14-15-28(46-23)24-17-26(37)27(40(43)44)18-25(24)36/h5-19,32H,4H2,1-3H3/b29-16+/t32-/m1/s1. The Hall–Kier alpha value is -4.77. The summed E-state index contributed by atoms with van der Waals surface area (Å²) in [4.78, 5) is 43.8. The van der Waals surface area contributed by atoms with E-state index in [0.29, 0.717) is 43.6 Å². The molecule has 0 radical (unpaired) electrons. The van der Waals surface area contributed by atoms with Crippen molar-refractivity contribution in [2.75, 3.05) is 6.61 Å². The van der Waals surface area contributed by atoms with Crippen molar-refractivity contribution < 1.29 is 18.9 Å². The summed E-state index contributed by atoms with van der Waals surface area (Å²) < 4.78 is 13.4. The number of nitro groups is 1. The number of hydrogen-bond donors (Lipinski definition) is 0. The smallest absolute Gasteiger partial charge is 0.338 e. The molecule has 0 fully saturated rings. The Morgan fingerprint density at radius 1 is 1.09 bits per heavy atom. The summed E-state index contributed by atoms with van der Waals surface area (Å²) in [5.74, 6) is 0.379. The fraction of sp³-hybridized carbons (Fsp3) is 0.171. The van der Waals surface area contributed by atoms with Crippen LogP contribution in [0.25, 0.3) is 23.1 Å². The van der Waals surface area contributed by atoms with Crippen LogP contribution < -0.4 is 14.9 Å². The number of carbonyl (C=O) groups is 1. The van der Waals surface area contributed by atoms with Crippen LogP contribution in [0.3, 0.4) is 0 Å². The first kappa shape index (κ1) is 32.2. The third-order valence-corrected chi connectivity index (χ3v) is 9.29. The molecule has 2 aromatic heterocycles. The van der Waals surface area contributed by atoms with E-state index in [1.165, 1.54) is 16.7 Å². The minimum absolute atomic E-state index is 0.0878. The number of hydrogen-bond acceptors (Lipinski definition) is 8. The number of thiazole rings is 1. The van der Waals surface area contributed by atoms with Crippen LogP contribution in [0, 0.1) is 10.1 Å². The second-order valence-electron chi connectivity index (χ2n) is 11.0. The van der Waals surface area contributed by atoms with E-state index in [9.17, 15) is 19.7 Å². The van der Waals surface area contributed by atoms with Gasteiger partial charge in [-0.1, -0.05) is 103 Å². The predicted octanol–water partition coefficient (Wildman–Crippen LogP) is 7.53. The van der Waals surface area contributed by atoms with E-state index in [0.717, 1.165) is 22.5 Å². The van der Waals surface area contributed by atoms with Crippen LogP contribution in [0.2, 0.25) is 10.0 Å². The van der Waals surface area contributed by atoms with Crippen molar-refractivity contribution in [3.63, 3.8) is 0 Å². The molecule has 0 bridgehead atoms. The maximum Gasteiger partial charge on any atom is 0.338 e. The number of esters is 1. The van der Waals surface area contributed by atoms with Crippen LogP contribution >= 0.6 is 34.5 Å². The Balaban J connectivity index is 1.53. The number of benzene rings is 3. The number of halogens is 2. The SMILES string of the molecule is CCOC(=O)C1=C(c2ccccc2)N=c2s/c(=C/c3ccc(-c4cc(Cl)c([N+](=O)[O-])cc4Cl)o3)c(=O)n2[C@@H]1c1ccc(C(C)C)cc1. The molecule has 0 N–H and O–H groups in total. The molecule has 1 atom stereocenters. The van der Waals surface area contributed by atoms with Gasteiger partial charge in [-0.2, -0.15) is 0 Å². The lowest BCUT2D eigenvalue weighted by Gasteiger charge is -2.26. The summed E-state index contributed by atoms with van der Waals surface area (Å²) in [5.41, 5.74) is 2.94. The number of furan rings is 1. The summed E-state index contributed by atoms with van der Waals surface area (Å²) in [7, 11) is 0. The maximum atomic E-state index is 14.2. The highest BCUT2D eigenvalue weighted by Gasteiger charge is 2.35. The first-order valence-electron chi connectivity index (χ1n) is 14.7. The van der Waals surface area contributed by atoms with E-state index < -0.39 is 16.9 Å². The maximum absolute atomic E-state index is 14.2. The summed E-state index contributed by atoms with van der Waals surface area (Å²) in [5, 5.41) is 11.3. The fourth-order valence-electron chi connectivity index (χ4n) is 5.39. The van der Waals surface area contributed by atoms with Crippen LogP contribution in [-0.4, -0.2) is 22.1 Å². The molecule has 238 valence electrons. The number of carbonyl (C=O) groups excluding carboxylic acids is 1. The molecule has 0 unspecified atom stereocenters. The molecule has 1 aliphatic heterocycles. The van der Waals surface area contributed by atoms with E-state index in [2.05, 4.69) is 13.8 Å². The molecule has 0 aliphatic carbocycles. The van der Waals surface area contributed by atoms with Crippen molar-refractivity contribution in [1.82, 2.24) is 4.57 Å². The van der Waals surface area contributed by atoms with E-state index >= 15 is 0 Å². The first-order chi connectivity index (χ1) is 22.6. The van der Waals surface area contributed by atoms with Crippen molar-refractivity contribution >= 4 is 58.0 Å². The zero-order valence-electron chi connectivity index (χ0n) is 25.4. The van der Waals surface area contributed by atoms with Crippen LogP contribution in [-0.2, 0) is 9.53 Å². The second kappa shape index (κ2) is 13.2. The zero-order valence-corrected chi connectivity index (χ0v) is 27.7. The van der Waals surface area contributed by atoms with Gasteiger partial charge in [0, 0.05) is 23.3 Å². The van der Waals surface area contributed by atoms with Gasteiger partial charge in [0.1, 0.15) is 16.5 Å². The third kappa shape index (κ3) is 6.19. The second-order valence-corrected chi connectivity index (χ2v) is 12.8. The van der Waals surface area contributed by atoms with Crippen molar-refractivity contribution in [3.8, 4) is 11.3 Å². The van der Waals surface area contributed by atoms with Gasteiger partial charge in [-0.05, 0) is 42.2 Å². The summed E-state index contributed by atoms with van der Waals surface area (Å²) in [6.07, 6.45) is 1.59. The Bertz CT molecular complexity index is 2240. The van der Waals surface area contributed by atoms with E-state index in [-0.39, 0.29) is 33.5 Å². The van der Waals surface area contributed by atoms with Gasteiger partial charge in [0.15, 0.2) is 4.80 Å². The average Bonchev–Trinajstić information content (AvgIpc) is 3.65. The number of rotatable bonds is 8. The van der Waals surface area contributed by atoms with Crippen LogP contribution in [0.4, 0.5) is 5.69 Å². The molecule has 9 nitrogen and oxygen atoms in total. The fourth-order valence-corrected chi connectivity index (χ4v) is 6.85. The third-order valence-electron chi connectivity index (χ3n) is 7.69. The Kier molecular flexibility index (Phi) is 9.01. The quantitative estimate of drug-likeness (QED) is 0.0945. The number of nitrogens with zero attached hydrogens (tertiary/aromatic N) is 3. The molecule has 47 heavy (non-hydrogen) atoms. The van der Waals surface area contributed by atoms with Gasteiger partial charge in [-0.3, -0.25) is 19.5 Å². The minimum atomic E-state index is -0.808. The van der Waals surface area contributed by atoms with Gasteiger partial charge in [0.25, 0.3) is 11.2 Å². The molecular weight excluding hydrogens is 661 g/mol. The number of aromatic nitrogens is 1. The molecule has 0 saturated carbocycles. The van der Waals surface area contributed by atoms with Crippen LogP contribution in [0.15, 0.2) is 98.6 Å². The number of fused-ring (bicyclic) bond motifs is 1. The van der Waals surface area contributed by atoms with Crippen molar-refractivity contribution in [3.05, 3.63) is 147 Å². The lowest BCUT2D eigenvalue weighted by Crippen LogP contribution is -2.40. The minimum Gasteiger partial charge on any atom is -0.463 e. The summed E-state index contributed by atoms with van der Waals surface area (Å²) >= 11 is 13.6. The van der Waals surface area contributed by atoms with Gasteiger partial charge in [0.05, 0.1) is 38.4 Å². The Labute approximate surface area is 282 Å². The van der Waals surface area contributed by atoms with Gasteiger partial charge >= 0.3 is 5.97 Å². The highest BCUT2D eigenvalue weighted by Crippen LogP contribution is 2.38. The molecule has 0 saturated heterocycles. The molecule has 0 amide bonds. The van der Waals surface area contributed by atoms with E-state index in [1.807, 2.05) is 54.6 Å². The summed E-state index contributed by atoms with van der Waals surface area (Å²) in [6.45, 7) is 6.08. The average molecular weight is 689 g/mol. The largest absolute Gasteiger partial charge is 0.463 e. The van der Waals surface area contributed by atoms with Crippen molar-refractivity contribution in [1.29, 1.82) is 0 Å². The molecular formula is C35H27Cl2N3O6S. The lowest BCUT2D eigenvalue weighted by atomic mass is 9.91. The van der Waals surface area contributed by atoms with Crippen molar-refractivity contribution in [2.45, 2.75) is 32.7 Å². The molecule has 12 heteroatoms. The van der Waals surface area contributed by atoms with Crippen LogP contribution in [0.5, 0.6) is 0 Å². The molecule has 1 aliphatic rings. The lowest BCUT2D eigenvalue weighted by molar-refractivity contribution is -0.384. The molecule has 6 rings (SSSR count). The molecule has 5 aromatic rings. The molecule has 0 spiro atoms. The van der Waals surface area contributed by atoms with E-state index in [1.54, 1.807) is 25.1 Å². The first-order valence-corrected chi connectivity index (χ1v) is 16.3. The topological polar surface area (TPSA) is 117 Å². The molecule has 3 heterocycles. The number of nitro benzene ring substituents is 1. The number of ether oxygens (including phenoxy) is 1. The summed E-state index contributed by atoms with van der Waals surface area (Å²) in [6, 6.07) is 22.2. The zero-order chi connectivity index (χ0) is 33.4. The highest BCUT2D eigenvalue weighted by molar-refractivity contribution is 7.07. The normalized spacial score (nSPS) is 14.7. The van der Waals surface area contributed by atoms with Crippen molar-refractivity contribution in [2.24, 2.45) is 4.99 Å². The van der Waals surface area contributed by atoms with Gasteiger partial charge in [-0.15, -0.1) is 0 Å². The Morgan fingerprint density at radius 2 is 1.81 bits per heavy atom. The van der Waals surface area contributed by atoms with Gasteiger partial charge in [0.2, 0.25) is 0 Å². The highest BCUT2D eigenvalue weighted by atomic mass is 35.5. The van der Waals surface area contributed by atoms with E-state index in [4.69, 9.17) is 37.3 Å². The van der Waals surface area contributed by atoms with Gasteiger partial charge in [-0.25, -0.2) is 9.79 Å². The van der Waals surface area contributed by atoms with Gasteiger partial charge < -0.3 is 9.15 Å². The molecule has 3 aromatic carbocycles. The predicted molar refractivity (Wildman–Crippen MR) is 182 cm³/mol.